The van der Waals surface area contributed by atoms with Crippen molar-refractivity contribution in [2.75, 3.05) is 17.9 Å². The van der Waals surface area contributed by atoms with Gasteiger partial charge in [-0.25, -0.2) is 8.42 Å². The van der Waals surface area contributed by atoms with E-state index in [9.17, 15) is 18.0 Å². The van der Waals surface area contributed by atoms with E-state index < -0.39 is 34.4 Å². The molecule has 3 aromatic rings. The van der Waals surface area contributed by atoms with Gasteiger partial charge >= 0.3 is 0 Å². The molecule has 7 nitrogen and oxygen atoms in total. The first kappa shape index (κ1) is 27.8. The van der Waals surface area contributed by atoms with Crippen molar-refractivity contribution in [3.63, 3.8) is 0 Å². The fourth-order valence-corrected chi connectivity index (χ4v) is 5.59. The van der Waals surface area contributed by atoms with Crippen molar-refractivity contribution < 1.29 is 18.0 Å². The van der Waals surface area contributed by atoms with Gasteiger partial charge in [-0.1, -0.05) is 71.2 Å². The summed E-state index contributed by atoms with van der Waals surface area (Å²) >= 11 is 18.8. The lowest BCUT2D eigenvalue weighted by Crippen LogP contribution is -2.50. The second-order valence-corrected chi connectivity index (χ2v) is 10.9. The van der Waals surface area contributed by atoms with E-state index in [-0.39, 0.29) is 27.2 Å². The largest absolute Gasteiger partial charge is 0.357 e. The van der Waals surface area contributed by atoms with Crippen LogP contribution in [-0.2, 0) is 26.2 Å². The molecule has 0 spiro atoms. The van der Waals surface area contributed by atoms with E-state index in [1.54, 1.807) is 49.4 Å². The van der Waals surface area contributed by atoms with E-state index in [4.69, 9.17) is 34.8 Å². The molecule has 0 saturated carbocycles. The van der Waals surface area contributed by atoms with Crippen molar-refractivity contribution >= 4 is 62.3 Å². The highest BCUT2D eigenvalue weighted by atomic mass is 35.5. The first-order chi connectivity index (χ1) is 17.1. The predicted molar refractivity (Wildman–Crippen MR) is 143 cm³/mol. The van der Waals surface area contributed by atoms with E-state index in [1.165, 1.54) is 42.3 Å². The summed E-state index contributed by atoms with van der Waals surface area (Å²) in [5, 5.41) is 3.25. The number of anilines is 1. The van der Waals surface area contributed by atoms with Crippen LogP contribution in [0.5, 0.6) is 0 Å². The van der Waals surface area contributed by atoms with Gasteiger partial charge in [0.05, 0.1) is 15.6 Å². The zero-order chi connectivity index (χ0) is 26.5. The summed E-state index contributed by atoms with van der Waals surface area (Å²) in [5.41, 5.74) is 0.633. The molecule has 0 aliphatic rings. The molecule has 3 rings (SSSR count). The van der Waals surface area contributed by atoms with Crippen LogP contribution in [0.3, 0.4) is 0 Å². The van der Waals surface area contributed by atoms with Gasteiger partial charge in [-0.05, 0) is 48.9 Å². The molecule has 0 aliphatic carbocycles. The minimum Gasteiger partial charge on any atom is -0.357 e. The monoisotopic (exact) mass is 567 g/mol. The third-order valence-electron chi connectivity index (χ3n) is 5.50. The molecular weight excluding hydrogens is 545 g/mol. The highest BCUT2D eigenvalue weighted by Crippen LogP contribution is 2.33. The lowest BCUT2D eigenvalue weighted by Gasteiger charge is -2.32. The molecule has 0 heterocycles. The molecule has 11 heteroatoms. The molecule has 0 aromatic heterocycles. The molecule has 1 N–H and O–H groups in total. The van der Waals surface area contributed by atoms with Crippen LogP contribution in [0.25, 0.3) is 0 Å². The van der Waals surface area contributed by atoms with Crippen molar-refractivity contribution in [1.82, 2.24) is 10.2 Å². The molecule has 0 saturated heterocycles. The molecule has 0 radical (unpaired) electrons. The van der Waals surface area contributed by atoms with Gasteiger partial charge in [0.1, 0.15) is 12.6 Å². The van der Waals surface area contributed by atoms with E-state index in [1.807, 2.05) is 0 Å². The number of hydrogen-bond donors (Lipinski definition) is 1. The van der Waals surface area contributed by atoms with Crippen LogP contribution >= 0.6 is 34.8 Å². The number of carbonyl (C=O) groups is 2. The quantitative estimate of drug-likeness (QED) is 0.393. The van der Waals surface area contributed by atoms with Gasteiger partial charge in [-0.15, -0.1) is 0 Å². The van der Waals surface area contributed by atoms with Crippen molar-refractivity contribution in [1.29, 1.82) is 0 Å². The fourth-order valence-electron chi connectivity index (χ4n) is 3.51. The van der Waals surface area contributed by atoms with Gasteiger partial charge in [0, 0.05) is 23.6 Å². The van der Waals surface area contributed by atoms with Crippen LogP contribution in [0, 0.1) is 0 Å². The van der Waals surface area contributed by atoms with Crippen molar-refractivity contribution in [3.05, 3.63) is 93.4 Å². The molecule has 1 atom stereocenters. The van der Waals surface area contributed by atoms with Crippen LogP contribution < -0.4 is 9.62 Å². The van der Waals surface area contributed by atoms with Gasteiger partial charge < -0.3 is 10.2 Å². The highest BCUT2D eigenvalue weighted by Gasteiger charge is 2.33. The highest BCUT2D eigenvalue weighted by molar-refractivity contribution is 7.92. The maximum atomic E-state index is 13.7. The number of benzene rings is 3. The summed E-state index contributed by atoms with van der Waals surface area (Å²) in [6.45, 7) is 0.897. The van der Waals surface area contributed by atoms with Gasteiger partial charge in [-0.3, -0.25) is 13.9 Å². The number of hydrogen-bond acceptors (Lipinski definition) is 4. The van der Waals surface area contributed by atoms with Crippen LogP contribution in [0.2, 0.25) is 15.1 Å². The molecule has 3 aromatic carbocycles. The summed E-state index contributed by atoms with van der Waals surface area (Å²) < 4.78 is 28.3. The van der Waals surface area contributed by atoms with E-state index in [2.05, 4.69) is 5.32 Å². The zero-order valence-corrected chi connectivity index (χ0v) is 22.6. The predicted octanol–water partition coefficient (Wildman–Crippen LogP) is 5.01. The Hall–Kier alpha value is -2.78. The lowest BCUT2D eigenvalue weighted by molar-refractivity contribution is -0.139. The topological polar surface area (TPSA) is 86.8 Å². The Morgan fingerprint density at radius 2 is 1.56 bits per heavy atom. The lowest BCUT2D eigenvalue weighted by atomic mass is 10.1. The fraction of sp³-hybridized carbons (Fsp3) is 0.200. The molecule has 36 heavy (non-hydrogen) atoms. The molecular formula is C25H24Cl3N3O4S. The standard InChI is InChI=1S/C25H24Cl3N3O4S/c1-17(25(33)29-2)30(15-18-8-6-7-11-21(18)27)24(32)16-31(23-14-19(26)12-13-22(23)28)36(34,35)20-9-4-3-5-10-20/h3-14,17H,15-16H2,1-2H3,(H,29,33)/t17-/m0/s1. The van der Waals surface area contributed by atoms with Crippen molar-refractivity contribution in [2.45, 2.75) is 24.4 Å². The van der Waals surface area contributed by atoms with Gasteiger partial charge in [0.2, 0.25) is 11.8 Å². The minimum absolute atomic E-state index is 0.0183. The molecule has 190 valence electrons. The molecule has 0 fully saturated rings. The third-order valence-corrected chi connectivity index (χ3v) is 8.20. The van der Waals surface area contributed by atoms with Gasteiger partial charge in [-0.2, -0.15) is 0 Å². The Morgan fingerprint density at radius 1 is 0.917 bits per heavy atom. The Labute approximate surface area is 225 Å². The average molecular weight is 569 g/mol. The average Bonchev–Trinajstić information content (AvgIpc) is 2.87. The summed E-state index contributed by atoms with van der Waals surface area (Å²) in [6, 6.07) is 18.0. The first-order valence-corrected chi connectivity index (χ1v) is 13.4. The number of nitrogens with zero attached hydrogens (tertiary/aromatic N) is 2. The number of likely N-dealkylation sites (N-methyl/N-ethyl adjacent to an activating group) is 1. The van der Waals surface area contributed by atoms with E-state index in [0.29, 0.717) is 10.6 Å². The van der Waals surface area contributed by atoms with Crippen LogP contribution in [0.4, 0.5) is 5.69 Å². The van der Waals surface area contributed by atoms with E-state index in [0.717, 1.165) is 4.31 Å². The SMILES string of the molecule is CNC(=O)[C@H](C)N(Cc1ccccc1Cl)C(=O)CN(c1cc(Cl)ccc1Cl)S(=O)(=O)c1ccccc1. The Kier molecular flexibility index (Phi) is 9.24. The summed E-state index contributed by atoms with van der Waals surface area (Å²) in [5.74, 6) is -1.06. The van der Waals surface area contributed by atoms with Gasteiger partial charge in [0.25, 0.3) is 10.0 Å². The zero-order valence-electron chi connectivity index (χ0n) is 19.5. The normalized spacial score (nSPS) is 12.0. The second kappa shape index (κ2) is 12.0. The summed E-state index contributed by atoms with van der Waals surface area (Å²) in [4.78, 5) is 27.4. The Morgan fingerprint density at radius 3 is 2.19 bits per heavy atom. The maximum Gasteiger partial charge on any atom is 0.264 e. The van der Waals surface area contributed by atoms with Crippen molar-refractivity contribution in [2.24, 2.45) is 0 Å². The minimum atomic E-state index is -4.24. The number of rotatable bonds is 9. The second-order valence-electron chi connectivity index (χ2n) is 7.82. The van der Waals surface area contributed by atoms with E-state index >= 15 is 0 Å². The maximum absolute atomic E-state index is 13.7. The Bertz CT molecular complexity index is 1350. The first-order valence-electron chi connectivity index (χ1n) is 10.8. The molecule has 0 unspecified atom stereocenters. The summed E-state index contributed by atoms with van der Waals surface area (Å²) in [7, 11) is -2.79. The third kappa shape index (κ3) is 6.31. The van der Waals surface area contributed by atoms with Gasteiger partial charge in [0.15, 0.2) is 0 Å². The Balaban J connectivity index is 2.08. The van der Waals surface area contributed by atoms with Crippen LogP contribution in [0.1, 0.15) is 12.5 Å². The number of sulfonamides is 1. The number of nitrogens with one attached hydrogen (secondary N) is 1. The van der Waals surface area contributed by atoms with Crippen molar-refractivity contribution in [3.8, 4) is 0 Å². The molecule has 0 aliphatic heterocycles. The molecule has 0 bridgehead atoms. The smallest absolute Gasteiger partial charge is 0.264 e. The number of carbonyl (C=O) groups excluding carboxylic acids is 2. The number of halogens is 3. The van der Waals surface area contributed by atoms with Crippen LogP contribution in [0.15, 0.2) is 77.7 Å². The molecule has 2 amide bonds. The number of amides is 2. The van der Waals surface area contributed by atoms with Crippen LogP contribution in [-0.4, -0.2) is 44.8 Å². The summed E-state index contributed by atoms with van der Waals surface area (Å²) in [6.07, 6.45) is 0.